The first-order valence-corrected chi connectivity index (χ1v) is 6.79. The standard InChI is InChI=1S/C13H13N3O3S/c14-11-5-10(18)6-13(16-11)20-7-12(19)15-8-1-3-9(17)4-2-8/h1-5,14,17-18H,6-7H2,(H,15,19). The maximum atomic E-state index is 11.7. The number of nitrogens with one attached hydrogen (secondary N) is 2. The van der Waals surface area contributed by atoms with Gasteiger partial charge in [0.25, 0.3) is 0 Å². The highest BCUT2D eigenvalue weighted by Gasteiger charge is 2.13. The van der Waals surface area contributed by atoms with Gasteiger partial charge in [-0.3, -0.25) is 10.2 Å². The Morgan fingerprint density at radius 3 is 2.70 bits per heavy atom. The quantitative estimate of drug-likeness (QED) is 0.641. The Labute approximate surface area is 119 Å². The van der Waals surface area contributed by atoms with E-state index in [0.29, 0.717) is 10.7 Å². The average Bonchev–Trinajstić information content (AvgIpc) is 2.38. The molecule has 0 bridgehead atoms. The second-order valence-corrected chi connectivity index (χ2v) is 5.14. The number of amides is 1. The monoisotopic (exact) mass is 291 g/mol. The van der Waals surface area contributed by atoms with Crippen molar-refractivity contribution in [2.75, 3.05) is 11.1 Å². The van der Waals surface area contributed by atoms with Gasteiger partial charge in [0.1, 0.15) is 17.3 Å². The molecule has 0 unspecified atom stereocenters. The minimum absolute atomic E-state index is 0.0183. The Balaban J connectivity index is 1.84. The SMILES string of the molecule is N=C1C=C(O)CC(SCC(=O)Nc2ccc(O)cc2)=N1. The lowest BCUT2D eigenvalue weighted by Crippen LogP contribution is -2.16. The number of phenols is 1. The van der Waals surface area contributed by atoms with E-state index in [1.807, 2.05) is 0 Å². The molecule has 0 spiro atoms. The predicted octanol–water partition coefficient (Wildman–Crippen LogP) is 2.29. The van der Waals surface area contributed by atoms with Crippen molar-refractivity contribution in [2.45, 2.75) is 6.42 Å². The predicted molar refractivity (Wildman–Crippen MR) is 79.7 cm³/mol. The van der Waals surface area contributed by atoms with Crippen molar-refractivity contribution >= 4 is 34.2 Å². The highest BCUT2D eigenvalue weighted by Crippen LogP contribution is 2.18. The fourth-order valence-electron chi connectivity index (χ4n) is 1.54. The van der Waals surface area contributed by atoms with Gasteiger partial charge in [0, 0.05) is 11.8 Å². The van der Waals surface area contributed by atoms with Gasteiger partial charge in [-0.25, -0.2) is 4.99 Å². The molecule has 4 N–H and O–H groups in total. The number of carbonyl (C=O) groups excluding carboxylic acids is 1. The third-order valence-electron chi connectivity index (χ3n) is 2.40. The van der Waals surface area contributed by atoms with Gasteiger partial charge >= 0.3 is 0 Å². The lowest BCUT2D eigenvalue weighted by molar-refractivity contribution is -0.113. The van der Waals surface area contributed by atoms with E-state index in [1.165, 1.54) is 30.0 Å². The number of hydrogen-bond acceptors (Lipinski definition) is 5. The summed E-state index contributed by atoms with van der Waals surface area (Å²) in [5.41, 5.74) is 0.592. The maximum Gasteiger partial charge on any atom is 0.234 e. The Morgan fingerprint density at radius 2 is 2.05 bits per heavy atom. The molecule has 1 heterocycles. The van der Waals surface area contributed by atoms with E-state index >= 15 is 0 Å². The number of benzene rings is 1. The summed E-state index contributed by atoms with van der Waals surface area (Å²) in [4.78, 5) is 15.7. The van der Waals surface area contributed by atoms with Crippen LogP contribution in [-0.2, 0) is 4.79 Å². The van der Waals surface area contributed by atoms with Crippen LogP contribution >= 0.6 is 11.8 Å². The van der Waals surface area contributed by atoms with Crippen LogP contribution in [-0.4, -0.2) is 32.8 Å². The van der Waals surface area contributed by atoms with Crippen LogP contribution in [0.3, 0.4) is 0 Å². The van der Waals surface area contributed by atoms with Crippen molar-refractivity contribution in [2.24, 2.45) is 4.99 Å². The number of nitrogens with zero attached hydrogens (tertiary/aromatic N) is 1. The van der Waals surface area contributed by atoms with Crippen LogP contribution in [0.4, 0.5) is 5.69 Å². The number of aromatic hydroxyl groups is 1. The van der Waals surface area contributed by atoms with Crippen molar-refractivity contribution in [3.05, 3.63) is 36.1 Å². The van der Waals surface area contributed by atoms with Crippen molar-refractivity contribution in [1.29, 1.82) is 5.41 Å². The van der Waals surface area contributed by atoms with Crippen molar-refractivity contribution < 1.29 is 15.0 Å². The molecule has 7 heteroatoms. The zero-order valence-corrected chi connectivity index (χ0v) is 11.3. The second-order valence-electron chi connectivity index (χ2n) is 4.09. The molecule has 0 saturated carbocycles. The molecule has 1 aromatic carbocycles. The molecular weight excluding hydrogens is 278 g/mol. The third kappa shape index (κ3) is 4.13. The number of aliphatic imine (C=N–C) groups is 1. The van der Waals surface area contributed by atoms with Crippen LogP contribution in [0.1, 0.15) is 6.42 Å². The number of carbonyl (C=O) groups is 1. The highest BCUT2D eigenvalue weighted by atomic mass is 32.2. The second kappa shape index (κ2) is 6.25. The number of amidine groups is 1. The number of thioether (sulfide) groups is 1. The van der Waals surface area contributed by atoms with Gasteiger partial charge in [0.15, 0.2) is 0 Å². The summed E-state index contributed by atoms with van der Waals surface area (Å²) in [5, 5.41) is 29.1. The first kappa shape index (κ1) is 14.1. The van der Waals surface area contributed by atoms with Gasteiger partial charge in [-0.1, -0.05) is 0 Å². The summed E-state index contributed by atoms with van der Waals surface area (Å²) < 4.78 is 0. The van der Waals surface area contributed by atoms with Crippen LogP contribution in [0.15, 0.2) is 41.1 Å². The molecule has 0 fully saturated rings. The van der Waals surface area contributed by atoms with Crippen molar-refractivity contribution in [3.8, 4) is 5.75 Å². The lowest BCUT2D eigenvalue weighted by Gasteiger charge is -2.10. The Bertz CT molecular complexity index is 593. The molecule has 0 atom stereocenters. The van der Waals surface area contributed by atoms with Crippen molar-refractivity contribution in [3.63, 3.8) is 0 Å². The molecule has 1 amide bonds. The molecule has 0 aromatic heterocycles. The fraction of sp³-hybridized carbons (Fsp3) is 0.154. The topological polar surface area (TPSA) is 106 Å². The average molecular weight is 291 g/mol. The van der Waals surface area contributed by atoms with E-state index in [0.717, 1.165) is 0 Å². The number of anilines is 1. The lowest BCUT2D eigenvalue weighted by atomic mass is 10.3. The molecule has 0 aliphatic carbocycles. The molecule has 20 heavy (non-hydrogen) atoms. The van der Waals surface area contributed by atoms with Crippen molar-refractivity contribution in [1.82, 2.24) is 0 Å². The normalized spacial score (nSPS) is 14.5. The number of aliphatic hydroxyl groups is 1. The van der Waals surface area contributed by atoms with Gasteiger partial charge in [0.2, 0.25) is 5.91 Å². The number of rotatable bonds is 3. The Morgan fingerprint density at radius 1 is 1.35 bits per heavy atom. The first-order chi connectivity index (χ1) is 9.52. The number of phenolic OH excluding ortho intramolecular Hbond substituents is 1. The molecule has 6 nitrogen and oxygen atoms in total. The molecule has 0 radical (unpaired) electrons. The Kier molecular flexibility index (Phi) is 4.41. The summed E-state index contributed by atoms with van der Waals surface area (Å²) in [5.74, 6) is 0.112. The van der Waals surface area contributed by atoms with E-state index in [2.05, 4.69) is 10.3 Å². The third-order valence-corrected chi connectivity index (χ3v) is 3.38. The molecule has 1 aliphatic heterocycles. The van der Waals surface area contributed by atoms with E-state index in [4.69, 9.17) is 10.5 Å². The summed E-state index contributed by atoms with van der Waals surface area (Å²) in [6, 6.07) is 6.16. The van der Waals surface area contributed by atoms with Gasteiger partial charge in [-0.15, -0.1) is 11.8 Å². The van der Waals surface area contributed by atoms with E-state index in [-0.39, 0.29) is 35.4 Å². The summed E-state index contributed by atoms with van der Waals surface area (Å²) >= 11 is 1.18. The van der Waals surface area contributed by atoms with Crippen LogP contribution in [0.25, 0.3) is 0 Å². The molecule has 1 aromatic rings. The first-order valence-electron chi connectivity index (χ1n) is 5.80. The summed E-state index contributed by atoms with van der Waals surface area (Å²) in [6.07, 6.45) is 1.53. The molecule has 2 rings (SSSR count). The molecule has 0 saturated heterocycles. The fourth-order valence-corrected chi connectivity index (χ4v) is 2.33. The smallest absolute Gasteiger partial charge is 0.234 e. The number of dihydropyridines is 1. The van der Waals surface area contributed by atoms with Crippen LogP contribution < -0.4 is 5.32 Å². The maximum absolute atomic E-state index is 11.7. The van der Waals surface area contributed by atoms with Gasteiger partial charge in [-0.2, -0.15) is 0 Å². The number of allylic oxidation sites excluding steroid dienone is 1. The van der Waals surface area contributed by atoms with Crippen LogP contribution in [0.2, 0.25) is 0 Å². The van der Waals surface area contributed by atoms with E-state index < -0.39 is 0 Å². The zero-order chi connectivity index (χ0) is 14.5. The van der Waals surface area contributed by atoms with Gasteiger partial charge < -0.3 is 15.5 Å². The summed E-state index contributed by atoms with van der Waals surface area (Å²) in [7, 11) is 0. The molecular formula is C13H13N3O3S. The highest BCUT2D eigenvalue weighted by molar-refractivity contribution is 8.14. The van der Waals surface area contributed by atoms with Crippen LogP contribution in [0, 0.1) is 5.41 Å². The van der Waals surface area contributed by atoms with E-state index in [1.54, 1.807) is 12.1 Å². The van der Waals surface area contributed by atoms with Gasteiger partial charge in [-0.05, 0) is 24.3 Å². The van der Waals surface area contributed by atoms with Crippen LogP contribution in [0.5, 0.6) is 5.75 Å². The van der Waals surface area contributed by atoms with E-state index in [9.17, 15) is 9.90 Å². The minimum atomic E-state index is -0.219. The Hall–Kier alpha value is -2.28. The van der Waals surface area contributed by atoms with Gasteiger partial charge in [0.05, 0.1) is 17.2 Å². The molecule has 104 valence electrons. The molecule has 1 aliphatic rings. The summed E-state index contributed by atoms with van der Waals surface area (Å²) in [6.45, 7) is 0. The zero-order valence-electron chi connectivity index (χ0n) is 10.5. The number of aliphatic hydroxyl groups excluding tert-OH is 1. The minimum Gasteiger partial charge on any atom is -0.512 e. The number of hydrogen-bond donors (Lipinski definition) is 4. The largest absolute Gasteiger partial charge is 0.512 e.